The van der Waals surface area contributed by atoms with Gasteiger partial charge in [-0.15, -0.1) is 29.6 Å². The van der Waals surface area contributed by atoms with Crippen LogP contribution in [0.3, 0.4) is 0 Å². The van der Waals surface area contributed by atoms with Crippen molar-refractivity contribution < 1.29 is 22.6 Å². The fourth-order valence-corrected chi connectivity index (χ4v) is 2.54. The second-order valence-corrected chi connectivity index (χ2v) is 5.52. The highest BCUT2D eigenvalue weighted by atomic mass is 32.1. The highest BCUT2D eigenvalue weighted by Crippen LogP contribution is 2.26. The molecule has 3 aromatic rings. The summed E-state index contributed by atoms with van der Waals surface area (Å²) in [4.78, 5) is 4.29. The number of H-pyrrole nitrogens is 1. The molecule has 11 heteroatoms. The molecule has 0 spiro atoms. The average Bonchev–Trinajstić information content (AvgIpc) is 3.21. The van der Waals surface area contributed by atoms with Gasteiger partial charge < -0.3 is 9.47 Å². The molecule has 128 valence electrons. The van der Waals surface area contributed by atoms with Crippen LogP contribution in [0.2, 0.25) is 0 Å². The maximum atomic E-state index is 12.1. The maximum Gasteiger partial charge on any atom is 0.573 e. The Labute approximate surface area is 142 Å². The standard InChI is InChI=1S/C14H8F3N5O2S/c15-14(16,17)24-9-3-1-8(2-4-9)23-6-12-19-11(7-25-12)13-10(5-18)20-22-21-13/h1-4,7H,6H2,(H,20,21,22). The molecule has 1 N–H and O–H groups in total. The van der Waals surface area contributed by atoms with E-state index in [2.05, 4.69) is 25.1 Å². The fourth-order valence-electron chi connectivity index (χ4n) is 1.85. The Morgan fingerprint density at radius 2 is 1.92 bits per heavy atom. The number of rotatable bonds is 5. The molecule has 0 aliphatic rings. The van der Waals surface area contributed by atoms with Crippen LogP contribution in [0.1, 0.15) is 10.7 Å². The second-order valence-electron chi connectivity index (χ2n) is 4.58. The van der Waals surface area contributed by atoms with Crippen LogP contribution < -0.4 is 9.47 Å². The van der Waals surface area contributed by atoms with E-state index < -0.39 is 6.36 Å². The quantitative estimate of drug-likeness (QED) is 0.743. The lowest BCUT2D eigenvalue weighted by atomic mass is 10.3. The average molecular weight is 367 g/mol. The van der Waals surface area contributed by atoms with Crippen molar-refractivity contribution in [2.24, 2.45) is 0 Å². The van der Waals surface area contributed by atoms with Gasteiger partial charge in [-0.3, -0.25) is 0 Å². The molecule has 0 fully saturated rings. The van der Waals surface area contributed by atoms with Crippen LogP contribution in [0, 0.1) is 11.3 Å². The summed E-state index contributed by atoms with van der Waals surface area (Å²) >= 11 is 1.30. The third-order valence-electron chi connectivity index (χ3n) is 2.87. The SMILES string of the molecule is N#Cc1[nH]nnc1-c1csc(COc2ccc(OC(F)(F)F)cc2)n1. The van der Waals surface area contributed by atoms with Crippen molar-refractivity contribution in [1.82, 2.24) is 20.4 Å². The second kappa shape index (κ2) is 6.78. The molecule has 0 radical (unpaired) electrons. The van der Waals surface area contributed by atoms with Gasteiger partial charge in [0.25, 0.3) is 0 Å². The van der Waals surface area contributed by atoms with Gasteiger partial charge in [-0.05, 0) is 24.3 Å². The first-order valence-corrected chi connectivity index (χ1v) is 7.57. The highest BCUT2D eigenvalue weighted by molar-refractivity contribution is 7.09. The topological polar surface area (TPSA) is 96.7 Å². The molecule has 0 saturated heterocycles. The van der Waals surface area contributed by atoms with Gasteiger partial charge >= 0.3 is 6.36 Å². The van der Waals surface area contributed by atoms with Crippen LogP contribution in [0.25, 0.3) is 11.4 Å². The van der Waals surface area contributed by atoms with Crippen LogP contribution in [-0.2, 0) is 6.61 Å². The van der Waals surface area contributed by atoms with E-state index in [1.54, 1.807) is 5.38 Å². The van der Waals surface area contributed by atoms with E-state index in [1.807, 2.05) is 6.07 Å². The summed E-state index contributed by atoms with van der Waals surface area (Å²) in [5, 5.41) is 21.1. The molecule has 0 aliphatic heterocycles. The number of aromatic amines is 1. The number of nitrogens with one attached hydrogen (secondary N) is 1. The lowest BCUT2D eigenvalue weighted by molar-refractivity contribution is -0.274. The molecular weight excluding hydrogens is 359 g/mol. The number of nitriles is 1. The Kier molecular flexibility index (Phi) is 4.53. The number of aromatic nitrogens is 4. The van der Waals surface area contributed by atoms with Gasteiger partial charge in [0, 0.05) is 5.38 Å². The van der Waals surface area contributed by atoms with Crippen LogP contribution in [0.5, 0.6) is 11.5 Å². The van der Waals surface area contributed by atoms with Crippen molar-refractivity contribution in [3.05, 3.63) is 40.3 Å². The third kappa shape index (κ3) is 4.24. The van der Waals surface area contributed by atoms with Gasteiger partial charge in [-0.2, -0.15) is 5.26 Å². The largest absolute Gasteiger partial charge is 0.573 e. The molecule has 0 unspecified atom stereocenters. The minimum Gasteiger partial charge on any atom is -0.486 e. The summed E-state index contributed by atoms with van der Waals surface area (Å²) in [6, 6.07) is 6.96. The summed E-state index contributed by atoms with van der Waals surface area (Å²) in [5.41, 5.74) is 1.04. The highest BCUT2D eigenvalue weighted by Gasteiger charge is 2.30. The number of ether oxygens (including phenoxy) is 2. The van der Waals surface area contributed by atoms with Gasteiger partial charge in [0.1, 0.15) is 40.6 Å². The van der Waals surface area contributed by atoms with Crippen molar-refractivity contribution in [2.45, 2.75) is 13.0 Å². The van der Waals surface area contributed by atoms with E-state index in [0.29, 0.717) is 22.1 Å². The van der Waals surface area contributed by atoms with Gasteiger partial charge in [-0.25, -0.2) is 10.1 Å². The van der Waals surface area contributed by atoms with Crippen LogP contribution in [0.4, 0.5) is 13.2 Å². The van der Waals surface area contributed by atoms with E-state index in [9.17, 15) is 13.2 Å². The van der Waals surface area contributed by atoms with E-state index in [1.165, 1.54) is 23.5 Å². The minimum absolute atomic E-state index is 0.115. The zero-order chi connectivity index (χ0) is 17.9. The van der Waals surface area contributed by atoms with Crippen LogP contribution in [0.15, 0.2) is 29.6 Å². The van der Waals surface area contributed by atoms with Gasteiger partial charge in [0.2, 0.25) is 0 Å². The summed E-state index contributed by atoms with van der Waals surface area (Å²) in [6.07, 6.45) is -4.73. The van der Waals surface area contributed by atoms with Crippen LogP contribution in [-0.4, -0.2) is 26.8 Å². The first-order valence-electron chi connectivity index (χ1n) is 6.69. The van der Waals surface area contributed by atoms with E-state index in [4.69, 9.17) is 10.00 Å². The van der Waals surface area contributed by atoms with Crippen molar-refractivity contribution >= 4 is 11.3 Å². The molecule has 0 atom stereocenters. The number of benzene rings is 1. The lowest BCUT2D eigenvalue weighted by Gasteiger charge is -2.09. The molecule has 1 aromatic carbocycles. The zero-order valence-corrected chi connectivity index (χ0v) is 13.1. The molecule has 0 amide bonds. The summed E-state index contributed by atoms with van der Waals surface area (Å²) in [6.45, 7) is 0.115. The van der Waals surface area contributed by atoms with E-state index >= 15 is 0 Å². The molecule has 0 saturated carbocycles. The number of hydrogen-bond donors (Lipinski definition) is 1. The smallest absolute Gasteiger partial charge is 0.486 e. The summed E-state index contributed by atoms with van der Waals surface area (Å²) in [5.74, 6) is 0.0388. The Bertz CT molecular complexity index is 898. The van der Waals surface area contributed by atoms with Gasteiger partial charge in [0.05, 0.1) is 0 Å². The van der Waals surface area contributed by atoms with Gasteiger partial charge in [-0.1, -0.05) is 5.21 Å². The predicted octanol–water partition coefficient (Wildman–Crippen LogP) is 3.28. The van der Waals surface area contributed by atoms with Crippen molar-refractivity contribution in [3.8, 4) is 29.0 Å². The first-order chi connectivity index (χ1) is 11.9. The molecular formula is C14H8F3N5O2S. The third-order valence-corrected chi connectivity index (χ3v) is 3.70. The fraction of sp³-hybridized carbons (Fsp3) is 0.143. The molecule has 2 aromatic heterocycles. The van der Waals surface area contributed by atoms with Crippen LogP contribution >= 0.6 is 11.3 Å². The number of thiazole rings is 1. The molecule has 25 heavy (non-hydrogen) atoms. The molecule has 3 rings (SSSR count). The maximum absolute atomic E-state index is 12.1. The van der Waals surface area contributed by atoms with Crippen molar-refractivity contribution in [3.63, 3.8) is 0 Å². The number of alkyl halides is 3. The summed E-state index contributed by atoms with van der Waals surface area (Å²) in [7, 11) is 0. The number of nitrogens with zero attached hydrogens (tertiary/aromatic N) is 4. The Morgan fingerprint density at radius 3 is 2.60 bits per heavy atom. The predicted molar refractivity (Wildman–Crippen MR) is 79.7 cm³/mol. The van der Waals surface area contributed by atoms with Crippen molar-refractivity contribution in [2.75, 3.05) is 0 Å². The monoisotopic (exact) mass is 367 g/mol. The Morgan fingerprint density at radius 1 is 1.20 bits per heavy atom. The molecule has 2 heterocycles. The lowest BCUT2D eigenvalue weighted by Crippen LogP contribution is -2.16. The minimum atomic E-state index is -4.73. The Hall–Kier alpha value is -3.13. The van der Waals surface area contributed by atoms with E-state index in [0.717, 1.165) is 12.1 Å². The van der Waals surface area contributed by atoms with E-state index in [-0.39, 0.29) is 18.1 Å². The van der Waals surface area contributed by atoms with Crippen molar-refractivity contribution in [1.29, 1.82) is 5.26 Å². The molecule has 0 bridgehead atoms. The molecule has 0 aliphatic carbocycles. The summed E-state index contributed by atoms with van der Waals surface area (Å²) < 4.78 is 45.5. The zero-order valence-electron chi connectivity index (χ0n) is 12.2. The number of hydrogen-bond acceptors (Lipinski definition) is 7. The number of halogens is 3. The molecule has 7 nitrogen and oxygen atoms in total. The Balaban J connectivity index is 1.62. The normalized spacial score (nSPS) is 11.1. The van der Waals surface area contributed by atoms with Gasteiger partial charge in [0.15, 0.2) is 5.69 Å². The first kappa shape index (κ1) is 16.7.